The normalized spacial score (nSPS) is 24.9. The molecule has 2 nitrogen and oxygen atoms in total. The number of hydrogen-bond donors (Lipinski definition) is 0. The fourth-order valence-electron chi connectivity index (χ4n) is 1.26. The van der Waals surface area contributed by atoms with Crippen molar-refractivity contribution in [3.63, 3.8) is 0 Å². The highest BCUT2D eigenvalue weighted by atomic mass is 16.2. The molecule has 1 aliphatic heterocycles. The average molecular weight is 139 g/mol. The summed E-state index contributed by atoms with van der Waals surface area (Å²) < 4.78 is 0. The zero-order valence-electron chi connectivity index (χ0n) is 6.34. The minimum Gasteiger partial charge on any atom is -0.339 e. The summed E-state index contributed by atoms with van der Waals surface area (Å²) in [7, 11) is 0. The number of likely N-dealkylation sites (tertiary alicyclic amines) is 1. The van der Waals surface area contributed by atoms with E-state index >= 15 is 0 Å². The van der Waals surface area contributed by atoms with Crippen molar-refractivity contribution in [1.82, 2.24) is 4.90 Å². The first-order valence-electron chi connectivity index (χ1n) is 3.65. The van der Waals surface area contributed by atoms with E-state index in [9.17, 15) is 4.79 Å². The lowest BCUT2D eigenvalue weighted by atomic mass is 10.2. The molecule has 0 saturated carbocycles. The number of nitrogens with zero attached hydrogens (tertiary/aromatic N) is 1. The lowest BCUT2D eigenvalue weighted by molar-refractivity contribution is -0.125. The van der Waals surface area contributed by atoms with Gasteiger partial charge in [0.1, 0.15) is 0 Å². The first-order chi connectivity index (χ1) is 4.74. The van der Waals surface area contributed by atoms with Crippen LogP contribution >= 0.6 is 0 Å². The van der Waals surface area contributed by atoms with Crippen LogP contribution in [-0.4, -0.2) is 23.9 Å². The van der Waals surface area contributed by atoms with Crippen LogP contribution in [0, 0.1) is 5.92 Å². The number of carbonyl (C=O) groups excluding carboxylic acids is 1. The molecule has 56 valence electrons. The van der Waals surface area contributed by atoms with Crippen LogP contribution in [0.15, 0.2) is 12.7 Å². The molecule has 0 unspecified atom stereocenters. The molecule has 0 aromatic heterocycles. The zero-order chi connectivity index (χ0) is 7.56. The van der Waals surface area contributed by atoms with Crippen molar-refractivity contribution in [3.05, 3.63) is 12.7 Å². The van der Waals surface area contributed by atoms with Crippen molar-refractivity contribution in [1.29, 1.82) is 0 Å². The maximum atomic E-state index is 11.0. The van der Waals surface area contributed by atoms with Crippen LogP contribution in [0.25, 0.3) is 0 Å². The lowest BCUT2D eigenvalue weighted by Crippen LogP contribution is -2.26. The summed E-state index contributed by atoms with van der Waals surface area (Å²) in [4.78, 5) is 12.8. The molecule has 1 aliphatic rings. The summed E-state index contributed by atoms with van der Waals surface area (Å²) in [5.41, 5.74) is 0. The first kappa shape index (κ1) is 7.32. The summed E-state index contributed by atoms with van der Waals surface area (Å²) >= 11 is 0. The summed E-state index contributed by atoms with van der Waals surface area (Å²) in [6.45, 7) is 7.42. The van der Waals surface area contributed by atoms with Crippen LogP contribution < -0.4 is 0 Å². The van der Waals surface area contributed by atoms with Crippen molar-refractivity contribution in [3.8, 4) is 0 Å². The standard InChI is InChI=1S/C8H13NO/c1-3-8(10)9-5-4-7(2)6-9/h3,7H,1,4-6H2,2H3/t7-/m0/s1. The highest BCUT2D eigenvalue weighted by Gasteiger charge is 2.20. The highest BCUT2D eigenvalue weighted by molar-refractivity contribution is 5.87. The van der Waals surface area contributed by atoms with Gasteiger partial charge in [0.25, 0.3) is 0 Å². The Morgan fingerprint density at radius 1 is 1.80 bits per heavy atom. The summed E-state index contributed by atoms with van der Waals surface area (Å²) in [5, 5.41) is 0. The molecule has 0 radical (unpaired) electrons. The molecule has 0 aromatic rings. The average Bonchev–Trinajstić information content (AvgIpc) is 2.34. The molecule has 0 N–H and O–H groups in total. The minimum absolute atomic E-state index is 0.0735. The quantitative estimate of drug-likeness (QED) is 0.497. The maximum Gasteiger partial charge on any atom is 0.245 e. The van der Waals surface area contributed by atoms with Gasteiger partial charge in [0.15, 0.2) is 0 Å². The maximum absolute atomic E-state index is 11.0. The van der Waals surface area contributed by atoms with Crippen molar-refractivity contribution < 1.29 is 4.79 Å². The zero-order valence-corrected chi connectivity index (χ0v) is 6.34. The molecule has 0 bridgehead atoms. The van der Waals surface area contributed by atoms with Gasteiger partial charge in [-0.2, -0.15) is 0 Å². The summed E-state index contributed by atoms with van der Waals surface area (Å²) in [6.07, 6.45) is 2.53. The highest BCUT2D eigenvalue weighted by Crippen LogP contribution is 2.14. The van der Waals surface area contributed by atoms with E-state index in [4.69, 9.17) is 0 Å². The van der Waals surface area contributed by atoms with Crippen LogP contribution in [0.1, 0.15) is 13.3 Å². The second kappa shape index (κ2) is 2.86. The molecule has 10 heavy (non-hydrogen) atoms. The van der Waals surface area contributed by atoms with Gasteiger partial charge in [0, 0.05) is 13.1 Å². The van der Waals surface area contributed by atoms with E-state index in [1.165, 1.54) is 6.08 Å². The molecule has 0 spiro atoms. The van der Waals surface area contributed by atoms with Crippen LogP contribution in [-0.2, 0) is 4.79 Å². The Kier molecular flexibility index (Phi) is 2.10. The molecule has 1 amide bonds. The fraction of sp³-hybridized carbons (Fsp3) is 0.625. The van der Waals surface area contributed by atoms with Gasteiger partial charge in [-0.15, -0.1) is 0 Å². The van der Waals surface area contributed by atoms with Crippen LogP contribution in [0.3, 0.4) is 0 Å². The topological polar surface area (TPSA) is 20.3 Å². The third kappa shape index (κ3) is 1.38. The molecule has 1 atom stereocenters. The largest absolute Gasteiger partial charge is 0.339 e. The lowest BCUT2D eigenvalue weighted by Gasteiger charge is -2.11. The number of rotatable bonds is 1. The van der Waals surface area contributed by atoms with E-state index in [1.807, 2.05) is 4.90 Å². The fourth-order valence-corrected chi connectivity index (χ4v) is 1.26. The molecule has 1 heterocycles. The Hall–Kier alpha value is -0.790. The summed E-state index contributed by atoms with van der Waals surface area (Å²) in [5.74, 6) is 0.744. The Balaban J connectivity index is 2.44. The smallest absolute Gasteiger partial charge is 0.245 e. The Labute approximate surface area is 61.5 Å². The third-order valence-electron chi connectivity index (χ3n) is 1.91. The van der Waals surface area contributed by atoms with Crippen LogP contribution in [0.4, 0.5) is 0 Å². The van der Waals surface area contributed by atoms with E-state index in [2.05, 4.69) is 13.5 Å². The van der Waals surface area contributed by atoms with E-state index in [1.54, 1.807) is 0 Å². The molecule has 1 saturated heterocycles. The third-order valence-corrected chi connectivity index (χ3v) is 1.91. The van der Waals surface area contributed by atoms with Crippen LogP contribution in [0.2, 0.25) is 0 Å². The molecular weight excluding hydrogens is 126 g/mol. The second-order valence-electron chi connectivity index (χ2n) is 2.88. The van der Waals surface area contributed by atoms with E-state index < -0.39 is 0 Å². The van der Waals surface area contributed by atoms with Gasteiger partial charge in [-0.3, -0.25) is 4.79 Å². The van der Waals surface area contributed by atoms with E-state index in [0.29, 0.717) is 5.92 Å². The van der Waals surface area contributed by atoms with Gasteiger partial charge < -0.3 is 4.90 Å². The molecule has 0 aliphatic carbocycles. The Morgan fingerprint density at radius 3 is 2.90 bits per heavy atom. The summed E-state index contributed by atoms with van der Waals surface area (Å²) in [6, 6.07) is 0. The van der Waals surface area contributed by atoms with Gasteiger partial charge in [-0.05, 0) is 18.4 Å². The number of amides is 1. The molecule has 1 fully saturated rings. The first-order valence-corrected chi connectivity index (χ1v) is 3.65. The van der Waals surface area contributed by atoms with Gasteiger partial charge in [0.05, 0.1) is 0 Å². The van der Waals surface area contributed by atoms with Crippen molar-refractivity contribution in [2.45, 2.75) is 13.3 Å². The number of hydrogen-bond acceptors (Lipinski definition) is 1. The van der Waals surface area contributed by atoms with Crippen molar-refractivity contribution in [2.24, 2.45) is 5.92 Å². The van der Waals surface area contributed by atoms with Crippen LogP contribution in [0.5, 0.6) is 0 Å². The van der Waals surface area contributed by atoms with Crippen molar-refractivity contribution in [2.75, 3.05) is 13.1 Å². The van der Waals surface area contributed by atoms with Gasteiger partial charge in [-0.25, -0.2) is 0 Å². The molecule has 0 aromatic carbocycles. The minimum atomic E-state index is 0.0735. The second-order valence-corrected chi connectivity index (χ2v) is 2.88. The van der Waals surface area contributed by atoms with Crippen molar-refractivity contribution >= 4 is 5.91 Å². The predicted molar refractivity (Wildman–Crippen MR) is 40.6 cm³/mol. The Bertz CT molecular complexity index is 153. The SMILES string of the molecule is C=CC(=O)N1CC[C@H](C)C1. The van der Waals surface area contributed by atoms with Gasteiger partial charge >= 0.3 is 0 Å². The predicted octanol–water partition coefficient (Wildman–Crippen LogP) is 1.04. The van der Waals surface area contributed by atoms with Gasteiger partial charge in [0.2, 0.25) is 5.91 Å². The van der Waals surface area contributed by atoms with E-state index in [-0.39, 0.29) is 5.91 Å². The number of carbonyl (C=O) groups is 1. The molecule has 1 rings (SSSR count). The molecule has 2 heteroatoms. The molecular formula is C8H13NO. The van der Waals surface area contributed by atoms with E-state index in [0.717, 1.165) is 19.5 Å². The monoisotopic (exact) mass is 139 g/mol. The van der Waals surface area contributed by atoms with Gasteiger partial charge in [-0.1, -0.05) is 13.5 Å². The Morgan fingerprint density at radius 2 is 2.50 bits per heavy atom.